The fraction of sp³-hybridized carbons (Fsp3) is 0.357. The average molecular weight is 319 g/mol. The smallest absolute Gasteiger partial charge is 0.400 e. The Balaban J connectivity index is 2.06. The van der Waals surface area contributed by atoms with Crippen molar-refractivity contribution in [1.82, 2.24) is 9.97 Å². The molecule has 23 heavy (non-hydrogen) atoms. The molecule has 0 atom stereocenters. The third-order valence-corrected chi connectivity index (χ3v) is 3.16. The maximum Gasteiger partial charge on any atom is 0.433 e. The summed E-state index contributed by atoms with van der Waals surface area (Å²) in [5, 5.41) is 14.3. The van der Waals surface area contributed by atoms with Crippen molar-refractivity contribution in [1.29, 1.82) is 0 Å². The summed E-state index contributed by atoms with van der Waals surface area (Å²) in [7, 11) is 0. The lowest BCUT2D eigenvalue weighted by atomic mass is 10.1. The molecule has 0 aliphatic carbocycles. The predicted molar refractivity (Wildman–Crippen MR) is 84.8 cm³/mol. The molecule has 9 nitrogen and oxygen atoms in total. The molecule has 2 heterocycles. The number of anilines is 1. The number of aromatic nitrogens is 2. The van der Waals surface area contributed by atoms with Crippen LogP contribution >= 0.6 is 0 Å². The second kappa shape index (κ2) is 7.34. The van der Waals surface area contributed by atoms with Gasteiger partial charge >= 0.3 is 5.88 Å². The summed E-state index contributed by atoms with van der Waals surface area (Å²) in [6, 6.07) is 2.65. The Labute approximate surface area is 131 Å². The van der Waals surface area contributed by atoms with Crippen LogP contribution in [0.1, 0.15) is 36.8 Å². The quantitative estimate of drug-likeness (QED) is 0.458. The first-order chi connectivity index (χ1) is 11.0. The number of nitrogens with one attached hydrogen (secondary N) is 2. The van der Waals surface area contributed by atoms with Crippen LogP contribution in [0, 0.1) is 17.0 Å². The van der Waals surface area contributed by atoms with E-state index in [9.17, 15) is 14.9 Å². The summed E-state index contributed by atoms with van der Waals surface area (Å²) in [6.07, 6.45) is 3.86. The molecule has 2 N–H and O–H groups in total. The second-order valence-electron chi connectivity index (χ2n) is 4.89. The van der Waals surface area contributed by atoms with Crippen molar-refractivity contribution in [2.75, 3.05) is 5.43 Å². The molecule has 0 saturated carbocycles. The van der Waals surface area contributed by atoms with Gasteiger partial charge in [-0.15, -0.1) is 0 Å². The first-order valence-corrected chi connectivity index (χ1v) is 7.14. The highest BCUT2D eigenvalue weighted by molar-refractivity contribution is 5.76. The zero-order valence-electron chi connectivity index (χ0n) is 12.8. The molecule has 0 fully saturated rings. The van der Waals surface area contributed by atoms with E-state index >= 15 is 0 Å². The third-order valence-electron chi connectivity index (χ3n) is 3.16. The van der Waals surface area contributed by atoms with Crippen LogP contribution in [0.4, 0.5) is 11.8 Å². The molecule has 2 aromatic rings. The highest BCUT2D eigenvalue weighted by Crippen LogP contribution is 2.14. The van der Waals surface area contributed by atoms with Gasteiger partial charge in [-0.1, -0.05) is 13.3 Å². The van der Waals surface area contributed by atoms with Crippen LogP contribution in [0.15, 0.2) is 26.4 Å². The molecule has 0 spiro atoms. The second-order valence-corrected chi connectivity index (χ2v) is 4.89. The highest BCUT2D eigenvalue weighted by atomic mass is 16.6. The van der Waals surface area contributed by atoms with Gasteiger partial charge in [0.15, 0.2) is 5.76 Å². The van der Waals surface area contributed by atoms with Crippen LogP contribution in [0.5, 0.6) is 0 Å². The Morgan fingerprint density at radius 1 is 1.52 bits per heavy atom. The maximum atomic E-state index is 12.0. The molecular formula is C14H17N5O4. The maximum absolute atomic E-state index is 12.0. The van der Waals surface area contributed by atoms with Crippen LogP contribution in [0.2, 0.25) is 0 Å². The van der Waals surface area contributed by atoms with Crippen molar-refractivity contribution in [3.8, 4) is 0 Å². The minimum absolute atomic E-state index is 0.197. The molecule has 2 rings (SSSR count). The predicted octanol–water partition coefficient (Wildman–Crippen LogP) is 2.37. The Morgan fingerprint density at radius 3 is 2.91 bits per heavy atom. The van der Waals surface area contributed by atoms with E-state index in [-0.39, 0.29) is 23.2 Å². The molecule has 9 heteroatoms. The molecular weight excluding hydrogens is 302 g/mol. The van der Waals surface area contributed by atoms with Gasteiger partial charge in [-0.05, 0) is 25.8 Å². The number of nitro groups is 1. The molecule has 122 valence electrons. The van der Waals surface area contributed by atoms with Crippen molar-refractivity contribution >= 4 is 18.0 Å². The minimum Gasteiger partial charge on any atom is -0.400 e. The molecule has 0 unspecified atom stereocenters. The van der Waals surface area contributed by atoms with Gasteiger partial charge in [0.05, 0.1) is 12.3 Å². The summed E-state index contributed by atoms with van der Waals surface area (Å²) >= 11 is 0. The van der Waals surface area contributed by atoms with E-state index in [1.165, 1.54) is 18.3 Å². The van der Waals surface area contributed by atoms with E-state index in [1.807, 2.05) is 0 Å². The number of aryl methyl sites for hydroxylation is 1. The van der Waals surface area contributed by atoms with Crippen LogP contribution in [-0.2, 0) is 6.42 Å². The van der Waals surface area contributed by atoms with Crippen molar-refractivity contribution in [3.05, 3.63) is 49.6 Å². The fourth-order valence-corrected chi connectivity index (χ4v) is 1.98. The number of furan rings is 1. The topological polar surface area (TPSA) is 126 Å². The van der Waals surface area contributed by atoms with Gasteiger partial charge in [-0.3, -0.25) is 19.9 Å². The van der Waals surface area contributed by atoms with Gasteiger partial charge in [0, 0.05) is 11.3 Å². The zero-order valence-corrected chi connectivity index (χ0v) is 12.8. The van der Waals surface area contributed by atoms with E-state index in [2.05, 4.69) is 27.4 Å². The molecule has 0 saturated heterocycles. The monoisotopic (exact) mass is 319 g/mol. The summed E-state index contributed by atoms with van der Waals surface area (Å²) in [4.78, 5) is 28.7. The SMILES string of the molecule is CCCCc1c(C)nc(N/N=C/c2ccc([N+](=O)[O-])o2)[nH]c1=O. The highest BCUT2D eigenvalue weighted by Gasteiger charge is 2.10. The lowest BCUT2D eigenvalue weighted by Gasteiger charge is -2.05. The lowest BCUT2D eigenvalue weighted by molar-refractivity contribution is -0.402. The molecule has 0 bridgehead atoms. The molecule has 0 amide bonds. The Hall–Kier alpha value is -2.97. The van der Waals surface area contributed by atoms with E-state index in [0.29, 0.717) is 17.7 Å². The van der Waals surface area contributed by atoms with Gasteiger partial charge in [0.2, 0.25) is 5.95 Å². The molecule has 0 aliphatic heterocycles. The number of unbranched alkanes of at least 4 members (excludes halogenated alkanes) is 1. The van der Waals surface area contributed by atoms with E-state index in [0.717, 1.165) is 12.8 Å². The minimum atomic E-state index is -0.637. The first-order valence-electron chi connectivity index (χ1n) is 7.14. The number of hydrogen-bond donors (Lipinski definition) is 2. The Kier molecular flexibility index (Phi) is 5.23. The van der Waals surface area contributed by atoms with Crippen LogP contribution in [0.3, 0.4) is 0 Å². The van der Waals surface area contributed by atoms with Crippen LogP contribution < -0.4 is 11.0 Å². The van der Waals surface area contributed by atoms with Gasteiger partial charge in [0.25, 0.3) is 5.56 Å². The van der Waals surface area contributed by atoms with Crippen LogP contribution in [0.25, 0.3) is 0 Å². The van der Waals surface area contributed by atoms with E-state index in [1.54, 1.807) is 6.92 Å². The first kappa shape index (κ1) is 16.4. The zero-order chi connectivity index (χ0) is 16.8. The van der Waals surface area contributed by atoms with Crippen molar-refractivity contribution in [3.63, 3.8) is 0 Å². The van der Waals surface area contributed by atoms with Crippen molar-refractivity contribution < 1.29 is 9.34 Å². The molecule has 0 radical (unpaired) electrons. The van der Waals surface area contributed by atoms with E-state index in [4.69, 9.17) is 4.42 Å². The molecule has 2 aromatic heterocycles. The number of rotatable bonds is 7. The van der Waals surface area contributed by atoms with E-state index < -0.39 is 4.92 Å². The van der Waals surface area contributed by atoms with Crippen LogP contribution in [-0.4, -0.2) is 21.1 Å². The van der Waals surface area contributed by atoms with Gasteiger partial charge in [-0.2, -0.15) is 5.10 Å². The average Bonchev–Trinajstić information content (AvgIpc) is 2.95. The van der Waals surface area contributed by atoms with Crippen molar-refractivity contribution in [2.45, 2.75) is 33.1 Å². The summed E-state index contributed by atoms with van der Waals surface area (Å²) in [5.41, 5.74) is 3.69. The normalized spacial score (nSPS) is 11.0. The third kappa shape index (κ3) is 4.25. The summed E-state index contributed by atoms with van der Waals surface area (Å²) < 4.78 is 4.91. The number of nitrogens with zero attached hydrogens (tertiary/aromatic N) is 3. The van der Waals surface area contributed by atoms with Gasteiger partial charge in [0.1, 0.15) is 4.92 Å². The lowest BCUT2D eigenvalue weighted by Crippen LogP contribution is -2.18. The fourth-order valence-electron chi connectivity index (χ4n) is 1.98. The standard InChI is InChI=1S/C14H17N5O4/c1-3-4-5-11-9(2)16-14(17-13(11)20)18-15-8-10-6-7-12(23-10)19(21)22/h6-8H,3-5H2,1-2H3,(H2,16,17,18,20)/b15-8+. The number of aromatic amines is 1. The summed E-state index contributed by atoms with van der Waals surface area (Å²) in [6.45, 7) is 3.82. The summed E-state index contributed by atoms with van der Waals surface area (Å²) in [5.74, 6) is 0.0435. The van der Waals surface area contributed by atoms with Crippen molar-refractivity contribution in [2.24, 2.45) is 5.10 Å². The Bertz CT molecular complexity index is 778. The molecule has 0 aromatic carbocycles. The number of hydrazone groups is 1. The number of hydrogen-bond acceptors (Lipinski definition) is 7. The van der Waals surface area contributed by atoms with Gasteiger partial charge < -0.3 is 4.42 Å². The largest absolute Gasteiger partial charge is 0.433 e. The number of H-pyrrole nitrogens is 1. The molecule has 0 aliphatic rings. The van der Waals surface area contributed by atoms with Gasteiger partial charge in [-0.25, -0.2) is 10.4 Å². The Morgan fingerprint density at radius 2 is 2.30 bits per heavy atom.